The van der Waals surface area contributed by atoms with Crippen LogP contribution in [0, 0.1) is 0 Å². The van der Waals surface area contributed by atoms with Gasteiger partial charge in [-0.1, -0.05) is 42.5 Å². The van der Waals surface area contributed by atoms with Gasteiger partial charge in [-0.25, -0.2) is 4.98 Å². The Kier molecular flexibility index (Phi) is 6.05. The van der Waals surface area contributed by atoms with Crippen LogP contribution in [0.15, 0.2) is 91.3 Å². The van der Waals surface area contributed by atoms with Crippen molar-refractivity contribution in [3.63, 3.8) is 0 Å². The average molecular weight is 399 g/mol. The van der Waals surface area contributed by atoms with Gasteiger partial charge in [-0.05, 0) is 42.0 Å². The third kappa shape index (κ3) is 5.05. The molecule has 0 aliphatic rings. The molecule has 150 valence electrons. The van der Waals surface area contributed by atoms with E-state index in [4.69, 9.17) is 9.47 Å². The maximum absolute atomic E-state index is 12.3. The first-order chi connectivity index (χ1) is 14.8. The molecule has 6 nitrogen and oxygen atoms in total. The van der Waals surface area contributed by atoms with E-state index in [9.17, 15) is 4.79 Å². The van der Waals surface area contributed by atoms with Crippen molar-refractivity contribution in [3.05, 3.63) is 96.8 Å². The minimum atomic E-state index is -0.251. The standard InChI is InChI=1S/C24H21N3O3/c28-23(27-20-12-10-19(11-13-20)24-25-14-15-26-24)17-30-22-9-5-4-8-21(22)29-16-18-6-2-1-3-7-18/h1-15H,16-17H2,(H,25,26)(H,27,28). The van der Waals surface area contributed by atoms with Gasteiger partial charge < -0.3 is 19.8 Å². The lowest BCUT2D eigenvalue weighted by atomic mass is 10.2. The third-order valence-corrected chi connectivity index (χ3v) is 4.39. The number of anilines is 1. The number of imidazole rings is 1. The molecule has 0 saturated carbocycles. The zero-order valence-electron chi connectivity index (χ0n) is 16.2. The van der Waals surface area contributed by atoms with Crippen molar-refractivity contribution >= 4 is 11.6 Å². The zero-order valence-corrected chi connectivity index (χ0v) is 16.2. The summed E-state index contributed by atoms with van der Waals surface area (Å²) in [7, 11) is 0. The number of hydrogen-bond donors (Lipinski definition) is 2. The van der Waals surface area contributed by atoms with Crippen molar-refractivity contribution in [2.45, 2.75) is 6.61 Å². The Morgan fingerprint density at radius 2 is 1.57 bits per heavy atom. The van der Waals surface area contributed by atoms with Crippen LogP contribution in [-0.4, -0.2) is 22.5 Å². The number of nitrogens with zero attached hydrogens (tertiary/aromatic N) is 1. The Balaban J connectivity index is 1.31. The molecule has 6 heteroatoms. The quantitative estimate of drug-likeness (QED) is 0.451. The van der Waals surface area contributed by atoms with Crippen LogP contribution in [0.5, 0.6) is 11.5 Å². The van der Waals surface area contributed by atoms with Crippen LogP contribution in [0.4, 0.5) is 5.69 Å². The second kappa shape index (κ2) is 9.43. The lowest BCUT2D eigenvalue weighted by Gasteiger charge is -2.13. The number of benzene rings is 3. The molecule has 4 rings (SSSR count). The molecule has 1 heterocycles. The van der Waals surface area contributed by atoms with E-state index in [2.05, 4.69) is 15.3 Å². The van der Waals surface area contributed by atoms with E-state index in [1.165, 1.54) is 0 Å². The first-order valence-corrected chi connectivity index (χ1v) is 9.56. The number of carbonyl (C=O) groups is 1. The minimum absolute atomic E-state index is 0.119. The molecule has 0 bridgehead atoms. The summed E-state index contributed by atoms with van der Waals surface area (Å²) in [6.07, 6.45) is 3.47. The molecule has 0 aliphatic carbocycles. The normalized spacial score (nSPS) is 10.4. The van der Waals surface area contributed by atoms with E-state index in [0.717, 1.165) is 17.0 Å². The molecule has 0 aliphatic heterocycles. The van der Waals surface area contributed by atoms with Crippen LogP contribution >= 0.6 is 0 Å². The molecule has 1 amide bonds. The fourth-order valence-corrected chi connectivity index (χ4v) is 2.90. The highest BCUT2D eigenvalue weighted by atomic mass is 16.5. The highest BCUT2D eigenvalue weighted by Crippen LogP contribution is 2.27. The average Bonchev–Trinajstić information content (AvgIpc) is 3.33. The van der Waals surface area contributed by atoms with Crippen molar-refractivity contribution in [1.29, 1.82) is 0 Å². The number of para-hydroxylation sites is 2. The Hall–Kier alpha value is -4.06. The second-order valence-electron chi connectivity index (χ2n) is 6.57. The monoisotopic (exact) mass is 399 g/mol. The molecule has 0 spiro atoms. The SMILES string of the molecule is O=C(COc1ccccc1OCc1ccccc1)Nc1ccc(-c2ncc[nH]2)cc1. The summed E-state index contributed by atoms with van der Waals surface area (Å²) in [5.74, 6) is 1.65. The van der Waals surface area contributed by atoms with Crippen LogP contribution in [0.25, 0.3) is 11.4 Å². The van der Waals surface area contributed by atoms with Gasteiger partial charge in [0, 0.05) is 23.6 Å². The van der Waals surface area contributed by atoms with Gasteiger partial charge in [0.1, 0.15) is 12.4 Å². The summed E-state index contributed by atoms with van der Waals surface area (Å²) in [5.41, 5.74) is 2.69. The number of rotatable bonds is 8. The molecule has 4 aromatic rings. The summed E-state index contributed by atoms with van der Waals surface area (Å²) >= 11 is 0. The number of ether oxygens (including phenoxy) is 2. The highest BCUT2D eigenvalue weighted by molar-refractivity contribution is 5.92. The van der Waals surface area contributed by atoms with Crippen molar-refractivity contribution in [1.82, 2.24) is 9.97 Å². The maximum atomic E-state index is 12.3. The minimum Gasteiger partial charge on any atom is -0.485 e. The maximum Gasteiger partial charge on any atom is 0.262 e. The van der Waals surface area contributed by atoms with Crippen LogP contribution in [0.2, 0.25) is 0 Å². The van der Waals surface area contributed by atoms with E-state index >= 15 is 0 Å². The van der Waals surface area contributed by atoms with Crippen molar-refractivity contribution < 1.29 is 14.3 Å². The Morgan fingerprint density at radius 1 is 0.867 bits per heavy atom. The molecule has 0 radical (unpaired) electrons. The first-order valence-electron chi connectivity index (χ1n) is 9.56. The topological polar surface area (TPSA) is 76.2 Å². The van der Waals surface area contributed by atoms with Gasteiger partial charge in [-0.3, -0.25) is 4.79 Å². The summed E-state index contributed by atoms with van der Waals surface area (Å²) < 4.78 is 11.5. The van der Waals surface area contributed by atoms with E-state index in [0.29, 0.717) is 23.8 Å². The number of aromatic nitrogens is 2. The fourth-order valence-electron chi connectivity index (χ4n) is 2.90. The van der Waals surface area contributed by atoms with Crippen LogP contribution in [-0.2, 0) is 11.4 Å². The van der Waals surface area contributed by atoms with E-state index in [1.807, 2.05) is 72.8 Å². The molecular weight excluding hydrogens is 378 g/mol. The predicted octanol–water partition coefficient (Wildman–Crippen LogP) is 4.67. The molecule has 0 atom stereocenters. The lowest BCUT2D eigenvalue weighted by molar-refractivity contribution is -0.118. The van der Waals surface area contributed by atoms with Gasteiger partial charge >= 0.3 is 0 Å². The fraction of sp³-hybridized carbons (Fsp3) is 0.0833. The number of H-pyrrole nitrogens is 1. The highest BCUT2D eigenvalue weighted by Gasteiger charge is 2.09. The zero-order chi connectivity index (χ0) is 20.6. The van der Waals surface area contributed by atoms with Crippen molar-refractivity contribution in [3.8, 4) is 22.9 Å². The number of amides is 1. The molecule has 2 N–H and O–H groups in total. The number of carbonyl (C=O) groups excluding carboxylic acids is 1. The van der Waals surface area contributed by atoms with E-state index < -0.39 is 0 Å². The molecule has 0 fully saturated rings. The van der Waals surface area contributed by atoms with Gasteiger partial charge in [0.25, 0.3) is 5.91 Å². The van der Waals surface area contributed by atoms with Gasteiger partial charge in [0.2, 0.25) is 0 Å². The molecule has 30 heavy (non-hydrogen) atoms. The number of hydrogen-bond acceptors (Lipinski definition) is 4. The van der Waals surface area contributed by atoms with E-state index in [-0.39, 0.29) is 12.5 Å². The Labute approximate surface area is 174 Å². The summed E-state index contributed by atoms with van der Waals surface area (Å²) in [6.45, 7) is 0.307. The predicted molar refractivity (Wildman–Crippen MR) is 115 cm³/mol. The van der Waals surface area contributed by atoms with Crippen molar-refractivity contribution in [2.75, 3.05) is 11.9 Å². The van der Waals surface area contributed by atoms with Crippen molar-refractivity contribution in [2.24, 2.45) is 0 Å². The Bertz CT molecular complexity index is 1080. The largest absolute Gasteiger partial charge is 0.485 e. The van der Waals surface area contributed by atoms with Gasteiger partial charge in [-0.15, -0.1) is 0 Å². The van der Waals surface area contributed by atoms with Crippen LogP contribution in [0.3, 0.4) is 0 Å². The number of aromatic amines is 1. The number of nitrogens with one attached hydrogen (secondary N) is 2. The molecule has 0 saturated heterocycles. The van der Waals surface area contributed by atoms with Crippen LogP contribution in [0.1, 0.15) is 5.56 Å². The summed E-state index contributed by atoms with van der Waals surface area (Å²) in [5, 5.41) is 2.83. The summed E-state index contributed by atoms with van der Waals surface area (Å²) in [4.78, 5) is 19.6. The Morgan fingerprint density at radius 3 is 2.27 bits per heavy atom. The molecule has 1 aromatic heterocycles. The second-order valence-corrected chi connectivity index (χ2v) is 6.57. The molecular formula is C24H21N3O3. The summed E-state index contributed by atoms with van der Waals surface area (Å²) in [6, 6.07) is 24.6. The van der Waals surface area contributed by atoms with Crippen LogP contribution < -0.4 is 14.8 Å². The van der Waals surface area contributed by atoms with Gasteiger partial charge in [0.05, 0.1) is 0 Å². The molecule has 0 unspecified atom stereocenters. The van der Waals surface area contributed by atoms with Gasteiger partial charge in [0.15, 0.2) is 18.1 Å². The van der Waals surface area contributed by atoms with E-state index in [1.54, 1.807) is 18.5 Å². The smallest absolute Gasteiger partial charge is 0.262 e. The lowest BCUT2D eigenvalue weighted by Crippen LogP contribution is -2.20. The first kappa shape index (κ1) is 19.3. The van der Waals surface area contributed by atoms with Gasteiger partial charge in [-0.2, -0.15) is 0 Å². The third-order valence-electron chi connectivity index (χ3n) is 4.39. The molecule has 3 aromatic carbocycles.